The van der Waals surface area contributed by atoms with Gasteiger partial charge in [-0.1, -0.05) is 46.6 Å². The van der Waals surface area contributed by atoms with Gasteiger partial charge in [0.15, 0.2) is 6.61 Å². The number of anilines is 1. The Bertz CT molecular complexity index is 1070. The number of hydrogen-bond acceptors (Lipinski definition) is 6. The van der Waals surface area contributed by atoms with Crippen LogP contribution in [0, 0.1) is 13.8 Å². The van der Waals surface area contributed by atoms with Gasteiger partial charge in [-0.2, -0.15) is 0 Å². The SMILES string of the molecule is Cc1noc(C)c1CSc1ccccc1C(=O)OCC(=O)Nc1cccc(Cl)c1Cl. The maximum atomic E-state index is 12.5. The zero-order valence-corrected chi connectivity index (χ0v) is 18.5. The summed E-state index contributed by atoms with van der Waals surface area (Å²) in [5.74, 6) is 0.230. The summed E-state index contributed by atoms with van der Waals surface area (Å²) in [6.45, 7) is 3.27. The Morgan fingerprint density at radius 3 is 2.63 bits per heavy atom. The van der Waals surface area contributed by atoms with E-state index in [1.54, 1.807) is 30.3 Å². The minimum absolute atomic E-state index is 0.222. The normalized spacial score (nSPS) is 10.7. The van der Waals surface area contributed by atoms with Crippen molar-refractivity contribution in [2.24, 2.45) is 0 Å². The van der Waals surface area contributed by atoms with E-state index < -0.39 is 18.5 Å². The summed E-state index contributed by atoms with van der Waals surface area (Å²) in [7, 11) is 0. The molecule has 156 valence electrons. The van der Waals surface area contributed by atoms with Gasteiger partial charge < -0.3 is 14.6 Å². The second-order valence-electron chi connectivity index (χ2n) is 6.31. The topological polar surface area (TPSA) is 81.4 Å². The third kappa shape index (κ3) is 5.36. The van der Waals surface area contributed by atoms with Gasteiger partial charge in [-0.25, -0.2) is 4.79 Å². The summed E-state index contributed by atoms with van der Waals surface area (Å²) in [6.07, 6.45) is 0. The Hall–Kier alpha value is -2.48. The molecular formula is C21H18Cl2N2O4S. The van der Waals surface area contributed by atoms with Crippen LogP contribution in [0.1, 0.15) is 27.4 Å². The van der Waals surface area contributed by atoms with Crippen LogP contribution in [0.4, 0.5) is 5.69 Å². The third-order valence-electron chi connectivity index (χ3n) is 4.22. The maximum absolute atomic E-state index is 12.5. The van der Waals surface area contributed by atoms with Crippen LogP contribution in [-0.4, -0.2) is 23.6 Å². The lowest BCUT2D eigenvalue weighted by atomic mass is 10.2. The molecule has 1 aromatic heterocycles. The number of esters is 1. The average Bonchev–Trinajstić information content (AvgIpc) is 3.05. The quantitative estimate of drug-likeness (QED) is 0.357. The van der Waals surface area contributed by atoms with Gasteiger partial charge in [0.2, 0.25) is 0 Å². The van der Waals surface area contributed by atoms with Crippen molar-refractivity contribution in [3.05, 3.63) is 75.1 Å². The molecule has 1 N–H and O–H groups in total. The lowest BCUT2D eigenvalue weighted by molar-refractivity contribution is -0.119. The molecule has 0 spiro atoms. The van der Waals surface area contributed by atoms with E-state index >= 15 is 0 Å². The number of carbonyl (C=O) groups is 2. The molecule has 0 aliphatic heterocycles. The van der Waals surface area contributed by atoms with Crippen molar-refractivity contribution in [1.82, 2.24) is 5.16 Å². The minimum Gasteiger partial charge on any atom is -0.452 e. The van der Waals surface area contributed by atoms with Crippen LogP contribution in [-0.2, 0) is 15.3 Å². The van der Waals surface area contributed by atoms with Crippen molar-refractivity contribution >= 4 is 52.5 Å². The first-order chi connectivity index (χ1) is 14.4. The van der Waals surface area contributed by atoms with Crippen LogP contribution in [0.25, 0.3) is 0 Å². The van der Waals surface area contributed by atoms with E-state index in [0.29, 0.717) is 22.0 Å². The molecule has 9 heteroatoms. The van der Waals surface area contributed by atoms with E-state index in [0.717, 1.165) is 21.9 Å². The fraction of sp³-hybridized carbons (Fsp3) is 0.190. The van der Waals surface area contributed by atoms with Gasteiger partial charge in [-0.15, -0.1) is 11.8 Å². The zero-order chi connectivity index (χ0) is 21.7. The first-order valence-corrected chi connectivity index (χ1v) is 10.7. The number of benzene rings is 2. The second-order valence-corrected chi connectivity index (χ2v) is 8.12. The number of ether oxygens (including phenoxy) is 1. The van der Waals surface area contributed by atoms with Gasteiger partial charge in [0.25, 0.3) is 5.91 Å². The van der Waals surface area contributed by atoms with Gasteiger partial charge in [0, 0.05) is 16.2 Å². The average molecular weight is 465 g/mol. The minimum atomic E-state index is -0.593. The molecule has 3 rings (SSSR count). The fourth-order valence-electron chi connectivity index (χ4n) is 2.61. The number of halogens is 2. The molecule has 0 aliphatic rings. The number of thioether (sulfide) groups is 1. The van der Waals surface area contributed by atoms with Crippen molar-refractivity contribution < 1.29 is 18.8 Å². The molecule has 0 atom stereocenters. The number of nitrogens with one attached hydrogen (secondary N) is 1. The molecule has 0 saturated carbocycles. The highest BCUT2D eigenvalue weighted by atomic mass is 35.5. The summed E-state index contributed by atoms with van der Waals surface area (Å²) in [6, 6.07) is 11.9. The molecular weight excluding hydrogens is 447 g/mol. The van der Waals surface area contributed by atoms with Crippen LogP contribution < -0.4 is 5.32 Å². The van der Waals surface area contributed by atoms with Gasteiger partial charge in [0.05, 0.1) is 27.0 Å². The Morgan fingerprint density at radius 2 is 1.90 bits per heavy atom. The van der Waals surface area contributed by atoms with Crippen LogP contribution in [0.2, 0.25) is 10.0 Å². The van der Waals surface area contributed by atoms with Crippen LogP contribution in [0.3, 0.4) is 0 Å². The molecule has 0 bridgehead atoms. The van der Waals surface area contributed by atoms with Gasteiger partial charge in [-0.3, -0.25) is 4.79 Å². The number of carbonyl (C=O) groups excluding carboxylic acids is 2. The van der Waals surface area contributed by atoms with Crippen molar-refractivity contribution in [2.75, 3.05) is 11.9 Å². The van der Waals surface area contributed by atoms with Crippen LogP contribution in [0.5, 0.6) is 0 Å². The molecule has 0 aliphatic carbocycles. The molecule has 0 radical (unpaired) electrons. The van der Waals surface area contributed by atoms with Crippen molar-refractivity contribution in [3.63, 3.8) is 0 Å². The predicted octanol–water partition coefficient (Wildman–Crippen LogP) is 5.69. The molecule has 6 nitrogen and oxygen atoms in total. The monoisotopic (exact) mass is 464 g/mol. The van der Waals surface area contributed by atoms with E-state index in [1.165, 1.54) is 11.8 Å². The number of aryl methyl sites for hydroxylation is 2. The highest BCUT2D eigenvalue weighted by molar-refractivity contribution is 7.98. The lowest BCUT2D eigenvalue weighted by Crippen LogP contribution is -2.21. The summed E-state index contributed by atoms with van der Waals surface area (Å²) in [4.78, 5) is 25.4. The standard InChI is InChI=1S/C21H18Cl2N2O4S/c1-12-15(13(2)29-25-12)11-30-18-9-4-3-6-14(18)21(27)28-10-19(26)24-17-8-5-7-16(22)20(17)23/h3-9H,10-11H2,1-2H3,(H,24,26). The van der Waals surface area contributed by atoms with Crippen molar-refractivity contribution in [3.8, 4) is 0 Å². The Kier molecular flexibility index (Phi) is 7.42. The van der Waals surface area contributed by atoms with E-state index in [4.69, 9.17) is 32.5 Å². The smallest absolute Gasteiger partial charge is 0.339 e. The van der Waals surface area contributed by atoms with Gasteiger partial charge in [-0.05, 0) is 38.1 Å². The molecule has 0 unspecified atom stereocenters. The van der Waals surface area contributed by atoms with Crippen LogP contribution in [0.15, 0.2) is 51.9 Å². The van der Waals surface area contributed by atoms with E-state index in [9.17, 15) is 9.59 Å². The first kappa shape index (κ1) is 22.2. The molecule has 30 heavy (non-hydrogen) atoms. The maximum Gasteiger partial charge on any atom is 0.339 e. The summed E-state index contributed by atoms with van der Waals surface area (Å²) in [5, 5.41) is 7.05. The lowest BCUT2D eigenvalue weighted by Gasteiger charge is -2.11. The van der Waals surface area contributed by atoms with E-state index in [1.807, 2.05) is 26.0 Å². The summed E-state index contributed by atoms with van der Waals surface area (Å²) < 4.78 is 10.4. The number of aromatic nitrogens is 1. The van der Waals surface area contributed by atoms with Crippen LogP contribution >= 0.6 is 35.0 Å². The van der Waals surface area contributed by atoms with E-state index in [-0.39, 0.29) is 5.02 Å². The van der Waals surface area contributed by atoms with Gasteiger partial charge >= 0.3 is 5.97 Å². The van der Waals surface area contributed by atoms with Gasteiger partial charge in [0.1, 0.15) is 5.76 Å². The summed E-state index contributed by atoms with van der Waals surface area (Å²) >= 11 is 13.4. The Balaban J connectivity index is 1.61. The first-order valence-electron chi connectivity index (χ1n) is 8.91. The molecule has 3 aromatic rings. The molecule has 1 heterocycles. The number of hydrogen-bond donors (Lipinski definition) is 1. The van der Waals surface area contributed by atoms with E-state index in [2.05, 4.69) is 10.5 Å². The largest absolute Gasteiger partial charge is 0.452 e. The third-order valence-corrected chi connectivity index (χ3v) is 6.14. The predicted molar refractivity (Wildman–Crippen MR) is 117 cm³/mol. The second kappa shape index (κ2) is 10.0. The molecule has 0 saturated heterocycles. The Labute approximate surface area is 187 Å². The number of nitrogens with zero attached hydrogens (tertiary/aromatic N) is 1. The number of amides is 1. The molecule has 1 amide bonds. The van der Waals surface area contributed by atoms with Crippen molar-refractivity contribution in [2.45, 2.75) is 24.5 Å². The highest BCUT2D eigenvalue weighted by Gasteiger charge is 2.17. The highest BCUT2D eigenvalue weighted by Crippen LogP contribution is 2.30. The Morgan fingerprint density at radius 1 is 1.13 bits per heavy atom. The fourth-order valence-corrected chi connectivity index (χ4v) is 4.16. The molecule has 2 aromatic carbocycles. The molecule has 0 fully saturated rings. The zero-order valence-electron chi connectivity index (χ0n) is 16.2. The summed E-state index contributed by atoms with van der Waals surface area (Å²) in [5.41, 5.74) is 2.53. The van der Waals surface area contributed by atoms with Crippen molar-refractivity contribution in [1.29, 1.82) is 0 Å². The number of rotatable bonds is 7.